The van der Waals surface area contributed by atoms with E-state index in [1.54, 1.807) is 19.9 Å². The molecule has 0 saturated heterocycles. The number of carbonyl (C=O) groups is 1. The third-order valence-corrected chi connectivity index (χ3v) is 2.56. The average Bonchev–Trinajstić information content (AvgIpc) is 2.28. The Kier molecular flexibility index (Phi) is 4.48. The quantitative estimate of drug-likeness (QED) is 0.609. The summed E-state index contributed by atoms with van der Waals surface area (Å²) in [7, 11) is 0. The Morgan fingerprint density at radius 1 is 1.35 bits per heavy atom. The minimum atomic E-state index is -1.01. The number of aryl methyl sites for hydroxylation is 2. The number of hydrogen-bond donors (Lipinski definition) is 4. The van der Waals surface area contributed by atoms with Crippen molar-refractivity contribution in [3.8, 4) is 0 Å². The number of aromatic carboxylic acids is 1. The second kappa shape index (κ2) is 5.65. The van der Waals surface area contributed by atoms with Gasteiger partial charge in [0.2, 0.25) is 0 Å². The van der Waals surface area contributed by atoms with Crippen LogP contribution in [0.15, 0.2) is 12.1 Å². The Morgan fingerprint density at radius 2 is 1.94 bits per heavy atom. The van der Waals surface area contributed by atoms with E-state index >= 15 is 0 Å². The van der Waals surface area contributed by atoms with Crippen LogP contribution < -0.4 is 5.32 Å². The Morgan fingerprint density at radius 3 is 2.47 bits per heavy atom. The van der Waals surface area contributed by atoms with Crippen LogP contribution in [0.25, 0.3) is 0 Å². The van der Waals surface area contributed by atoms with Crippen molar-refractivity contribution in [1.82, 2.24) is 0 Å². The van der Waals surface area contributed by atoms with Crippen LogP contribution >= 0.6 is 0 Å². The van der Waals surface area contributed by atoms with Crippen molar-refractivity contribution in [2.24, 2.45) is 0 Å². The maximum absolute atomic E-state index is 11.2. The summed E-state index contributed by atoms with van der Waals surface area (Å²) < 4.78 is 0. The summed E-state index contributed by atoms with van der Waals surface area (Å²) >= 11 is 0. The highest BCUT2D eigenvalue weighted by atomic mass is 16.4. The number of rotatable bonds is 5. The molecule has 5 heteroatoms. The monoisotopic (exact) mass is 239 g/mol. The van der Waals surface area contributed by atoms with Crippen LogP contribution in [0.3, 0.4) is 0 Å². The zero-order valence-corrected chi connectivity index (χ0v) is 9.90. The second-order valence-corrected chi connectivity index (χ2v) is 3.97. The van der Waals surface area contributed by atoms with E-state index in [4.69, 9.17) is 10.2 Å². The van der Waals surface area contributed by atoms with Gasteiger partial charge in [0.1, 0.15) is 0 Å². The first-order chi connectivity index (χ1) is 7.97. The molecule has 5 nitrogen and oxygen atoms in total. The largest absolute Gasteiger partial charge is 0.478 e. The zero-order valence-electron chi connectivity index (χ0n) is 9.90. The minimum Gasteiger partial charge on any atom is -0.478 e. The van der Waals surface area contributed by atoms with Gasteiger partial charge in [0.05, 0.1) is 24.0 Å². The lowest BCUT2D eigenvalue weighted by Gasteiger charge is -2.16. The molecule has 17 heavy (non-hydrogen) atoms. The summed E-state index contributed by atoms with van der Waals surface area (Å²) in [6.07, 6.45) is -0.906. The molecule has 1 aromatic carbocycles. The van der Waals surface area contributed by atoms with Crippen LogP contribution in [0, 0.1) is 13.8 Å². The van der Waals surface area contributed by atoms with Crippen LogP contribution in [0.2, 0.25) is 0 Å². The molecule has 0 aliphatic rings. The van der Waals surface area contributed by atoms with E-state index in [9.17, 15) is 9.90 Å². The lowest BCUT2D eigenvalue weighted by molar-refractivity contribution is 0.0696. The molecule has 1 rings (SSSR count). The van der Waals surface area contributed by atoms with E-state index in [2.05, 4.69) is 5.32 Å². The van der Waals surface area contributed by atoms with Gasteiger partial charge in [0.15, 0.2) is 0 Å². The zero-order chi connectivity index (χ0) is 13.0. The molecular formula is C12H17NO4. The molecule has 0 radical (unpaired) electrons. The number of nitrogens with one attached hydrogen (secondary N) is 1. The molecular weight excluding hydrogens is 222 g/mol. The first-order valence-electron chi connectivity index (χ1n) is 5.33. The molecule has 1 aromatic rings. The highest BCUT2D eigenvalue weighted by Gasteiger charge is 2.15. The molecule has 0 spiro atoms. The minimum absolute atomic E-state index is 0.112. The first kappa shape index (κ1) is 13.5. The van der Waals surface area contributed by atoms with E-state index in [-0.39, 0.29) is 18.7 Å². The smallest absolute Gasteiger partial charge is 0.338 e. The molecule has 0 bridgehead atoms. The van der Waals surface area contributed by atoms with E-state index < -0.39 is 12.1 Å². The van der Waals surface area contributed by atoms with E-state index in [0.29, 0.717) is 11.3 Å². The molecule has 94 valence electrons. The summed E-state index contributed by atoms with van der Waals surface area (Å²) in [6, 6.07) is 3.56. The fraction of sp³-hybridized carbons (Fsp3) is 0.417. The number of anilines is 1. The molecule has 0 aliphatic carbocycles. The Labute approximate surface area is 99.7 Å². The van der Waals surface area contributed by atoms with Gasteiger partial charge in [-0.15, -0.1) is 0 Å². The number of hydrogen-bond acceptors (Lipinski definition) is 4. The molecule has 0 fully saturated rings. The third-order valence-electron chi connectivity index (χ3n) is 2.56. The van der Waals surface area contributed by atoms with Crippen LogP contribution in [0.4, 0.5) is 5.69 Å². The van der Waals surface area contributed by atoms with Crippen molar-refractivity contribution in [2.75, 3.05) is 18.5 Å². The fourth-order valence-corrected chi connectivity index (χ4v) is 1.60. The number of carboxylic acid groups (broad SMARTS) is 1. The van der Waals surface area contributed by atoms with Crippen LogP contribution in [-0.2, 0) is 0 Å². The molecule has 0 aromatic heterocycles. The summed E-state index contributed by atoms with van der Waals surface area (Å²) in [5.74, 6) is -1.01. The van der Waals surface area contributed by atoms with Crippen LogP contribution in [0.5, 0.6) is 0 Å². The number of carboxylic acids is 1. The Balaban J connectivity index is 3.04. The van der Waals surface area contributed by atoms with Gasteiger partial charge < -0.3 is 20.6 Å². The number of benzene rings is 1. The Bertz CT molecular complexity index is 417. The number of aliphatic hydroxyl groups is 2. The predicted octanol–water partition coefficient (Wildman–Crippen LogP) is 0.767. The van der Waals surface area contributed by atoms with E-state index in [0.717, 1.165) is 5.56 Å². The normalized spacial score (nSPS) is 12.2. The van der Waals surface area contributed by atoms with Gasteiger partial charge >= 0.3 is 5.97 Å². The van der Waals surface area contributed by atoms with E-state index in [1.165, 1.54) is 0 Å². The molecule has 0 heterocycles. The molecule has 4 N–H and O–H groups in total. The molecule has 0 saturated carbocycles. The first-order valence-corrected chi connectivity index (χ1v) is 5.33. The van der Waals surface area contributed by atoms with Crippen LogP contribution in [-0.4, -0.2) is 40.5 Å². The highest BCUT2D eigenvalue weighted by Crippen LogP contribution is 2.24. The van der Waals surface area contributed by atoms with Gasteiger partial charge in [-0.25, -0.2) is 4.79 Å². The maximum Gasteiger partial charge on any atom is 0.338 e. The average molecular weight is 239 g/mol. The highest BCUT2D eigenvalue weighted by molar-refractivity contribution is 5.96. The van der Waals surface area contributed by atoms with Gasteiger partial charge in [-0.05, 0) is 25.0 Å². The van der Waals surface area contributed by atoms with Gasteiger partial charge in [0.25, 0.3) is 0 Å². The van der Waals surface area contributed by atoms with Crippen molar-refractivity contribution >= 4 is 11.7 Å². The second-order valence-electron chi connectivity index (χ2n) is 3.97. The molecule has 0 amide bonds. The molecule has 1 unspecified atom stereocenters. The van der Waals surface area contributed by atoms with Crippen molar-refractivity contribution in [3.05, 3.63) is 28.8 Å². The fourth-order valence-electron chi connectivity index (χ4n) is 1.60. The molecule has 0 aliphatic heterocycles. The topological polar surface area (TPSA) is 89.8 Å². The summed E-state index contributed by atoms with van der Waals surface area (Å²) in [6.45, 7) is 3.26. The van der Waals surface area contributed by atoms with Crippen molar-refractivity contribution in [3.63, 3.8) is 0 Å². The SMILES string of the molecule is Cc1ccc(C)c(C(=O)O)c1NCC(O)CO. The maximum atomic E-state index is 11.2. The van der Waals surface area contributed by atoms with Crippen molar-refractivity contribution < 1.29 is 20.1 Å². The van der Waals surface area contributed by atoms with Gasteiger partial charge in [-0.1, -0.05) is 12.1 Å². The summed E-state index contributed by atoms with van der Waals surface area (Å²) in [5.41, 5.74) is 2.14. The van der Waals surface area contributed by atoms with Gasteiger partial charge in [0, 0.05) is 6.54 Å². The lowest BCUT2D eigenvalue weighted by Crippen LogP contribution is -2.24. The number of aliphatic hydroxyl groups excluding tert-OH is 2. The van der Waals surface area contributed by atoms with E-state index in [1.807, 2.05) is 6.07 Å². The Hall–Kier alpha value is -1.59. The lowest BCUT2D eigenvalue weighted by atomic mass is 10.0. The van der Waals surface area contributed by atoms with Gasteiger partial charge in [-0.3, -0.25) is 0 Å². The van der Waals surface area contributed by atoms with Crippen LogP contribution in [0.1, 0.15) is 21.5 Å². The van der Waals surface area contributed by atoms with Crippen molar-refractivity contribution in [1.29, 1.82) is 0 Å². The van der Waals surface area contributed by atoms with Gasteiger partial charge in [-0.2, -0.15) is 0 Å². The standard InChI is InChI=1S/C12H17NO4/c1-7-3-4-8(2)11(10(7)12(16)17)13-5-9(15)6-14/h3-4,9,13-15H,5-6H2,1-2H3,(H,16,17). The predicted molar refractivity (Wildman–Crippen MR) is 64.5 cm³/mol. The summed E-state index contributed by atoms with van der Waals surface area (Å²) in [4.78, 5) is 11.2. The molecule has 1 atom stereocenters. The summed E-state index contributed by atoms with van der Waals surface area (Å²) in [5, 5.41) is 30.0. The van der Waals surface area contributed by atoms with Crippen molar-refractivity contribution in [2.45, 2.75) is 20.0 Å². The third kappa shape index (κ3) is 3.18.